The van der Waals surface area contributed by atoms with Crippen LogP contribution in [0.3, 0.4) is 0 Å². The zero-order chi connectivity index (χ0) is 15.6. The molecular formula is C18H26Cl2Zr. The SMILES string of the molecule is CCCC1=CC[C]([Zr]([Cl])([Cl])[C]2=C(C)C(CCC)=CC2)=C1C. The van der Waals surface area contributed by atoms with Crippen LogP contribution in [0.25, 0.3) is 0 Å². The van der Waals surface area contributed by atoms with Crippen LogP contribution in [-0.4, -0.2) is 0 Å². The van der Waals surface area contributed by atoms with Gasteiger partial charge in [0.05, 0.1) is 0 Å². The maximum absolute atomic E-state index is 7.06. The van der Waals surface area contributed by atoms with Gasteiger partial charge in [0.2, 0.25) is 0 Å². The van der Waals surface area contributed by atoms with E-state index in [0.717, 1.165) is 25.7 Å². The van der Waals surface area contributed by atoms with Crippen molar-refractivity contribution in [1.29, 1.82) is 0 Å². The van der Waals surface area contributed by atoms with Crippen molar-refractivity contribution in [2.24, 2.45) is 0 Å². The molecule has 0 saturated carbocycles. The van der Waals surface area contributed by atoms with E-state index in [-0.39, 0.29) is 0 Å². The summed E-state index contributed by atoms with van der Waals surface area (Å²) in [5, 5.41) is 0. The van der Waals surface area contributed by atoms with Crippen LogP contribution in [0.5, 0.6) is 0 Å². The van der Waals surface area contributed by atoms with Gasteiger partial charge in [-0.25, -0.2) is 0 Å². The molecule has 0 nitrogen and oxygen atoms in total. The Bertz CT molecular complexity index is 500. The second-order valence-electron chi connectivity index (χ2n) is 6.15. The minimum atomic E-state index is -3.36. The molecule has 0 bridgehead atoms. The van der Waals surface area contributed by atoms with Crippen LogP contribution >= 0.6 is 17.0 Å². The number of hydrogen-bond acceptors (Lipinski definition) is 0. The van der Waals surface area contributed by atoms with Crippen LogP contribution < -0.4 is 0 Å². The zero-order valence-electron chi connectivity index (χ0n) is 13.7. The van der Waals surface area contributed by atoms with Gasteiger partial charge < -0.3 is 0 Å². The summed E-state index contributed by atoms with van der Waals surface area (Å²) in [5.41, 5.74) is 5.77. The number of allylic oxidation sites excluding steroid dienone is 8. The standard InChI is InChI=1S/2C9H13.2ClH.Zr/c2*1-3-5-9-7-4-6-8(9)2;;;/h2*7H,3-5H2,1-2H3;2*1H;/q;;;;+2/p-2. The molecule has 21 heavy (non-hydrogen) atoms. The fraction of sp³-hybridized carbons (Fsp3) is 0.556. The molecule has 0 saturated heterocycles. The molecule has 0 fully saturated rings. The van der Waals surface area contributed by atoms with Crippen LogP contribution in [0.15, 0.2) is 41.0 Å². The molecule has 0 aliphatic heterocycles. The molecule has 0 amide bonds. The Labute approximate surface area is 141 Å². The van der Waals surface area contributed by atoms with E-state index in [4.69, 9.17) is 17.0 Å². The fourth-order valence-corrected chi connectivity index (χ4v) is 14.4. The van der Waals surface area contributed by atoms with Gasteiger partial charge in [-0.3, -0.25) is 0 Å². The Kier molecular flexibility index (Phi) is 6.20. The van der Waals surface area contributed by atoms with E-state index in [1.54, 1.807) is 0 Å². The van der Waals surface area contributed by atoms with E-state index in [9.17, 15) is 0 Å². The van der Waals surface area contributed by atoms with E-state index < -0.39 is 17.9 Å². The average molecular weight is 405 g/mol. The number of hydrogen-bond donors (Lipinski definition) is 0. The Morgan fingerprint density at radius 3 is 1.57 bits per heavy atom. The van der Waals surface area contributed by atoms with Gasteiger partial charge in [0.25, 0.3) is 0 Å². The van der Waals surface area contributed by atoms with Gasteiger partial charge in [-0.05, 0) is 0 Å². The Morgan fingerprint density at radius 2 is 1.24 bits per heavy atom. The number of rotatable bonds is 6. The molecule has 116 valence electrons. The summed E-state index contributed by atoms with van der Waals surface area (Å²) < 4.78 is 2.80. The normalized spacial score (nSPS) is 19.5. The third-order valence-corrected chi connectivity index (χ3v) is 16.7. The molecule has 0 radical (unpaired) electrons. The first kappa shape index (κ1) is 17.8. The predicted molar refractivity (Wildman–Crippen MR) is 92.3 cm³/mol. The van der Waals surface area contributed by atoms with Crippen molar-refractivity contribution in [2.75, 3.05) is 0 Å². The van der Waals surface area contributed by atoms with Crippen LogP contribution in [-0.2, 0) is 17.9 Å². The van der Waals surface area contributed by atoms with Crippen molar-refractivity contribution >= 4 is 17.0 Å². The van der Waals surface area contributed by atoms with Gasteiger partial charge in [-0.15, -0.1) is 0 Å². The van der Waals surface area contributed by atoms with Gasteiger partial charge in [0.1, 0.15) is 0 Å². The van der Waals surface area contributed by atoms with E-state index >= 15 is 0 Å². The molecule has 3 heteroatoms. The van der Waals surface area contributed by atoms with Gasteiger partial charge in [0.15, 0.2) is 0 Å². The summed E-state index contributed by atoms with van der Waals surface area (Å²) >= 11 is -3.36. The van der Waals surface area contributed by atoms with E-state index in [1.165, 1.54) is 41.7 Å². The monoisotopic (exact) mass is 402 g/mol. The van der Waals surface area contributed by atoms with Crippen LogP contribution in [0.2, 0.25) is 0 Å². The third-order valence-electron chi connectivity index (χ3n) is 4.77. The average Bonchev–Trinajstić information content (AvgIpc) is 2.97. The zero-order valence-corrected chi connectivity index (χ0v) is 17.6. The maximum atomic E-state index is 7.06. The molecule has 0 spiro atoms. The van der Waals surface area contributed by atoms with E-state index in [1.807, 2.05) is 0 Å². The second-order valence-corrected chi connectivity index (χ2v) is 19.8. The molecule has 0 atom stereocenters. The molecule has 2 rings (SSSR count). The summed E-state index contributed by atoms with van der Waals surface area (Å²) in [4.78, 5) is 0. The number of halogens is 2. The van der Waals surface area contributed by atoms with E-state index in [0.29, 0.717) is 0 Å². The van der Waals surface area contributed by atoms with Crippen molar-refractivity contribution in [3.05, 3.63) is 41.0 Å². The van der Waals surface area contributed by atoms with Gasteiger partial charge in [-0.1, -0.05) is 0 Å². The summed E-state index contributed by atoms with van der Waals surface area (Å²) in [7, 11) is 14.1. The topological polar surface area (TPSA) is 0 Å². The molecule has 0 aromatic carbocycles. The summed E-state index contributed by atoms with van der Waals surface area (Å²) in [6, 6.07) is 0. The quantitative estimate of drug-likeness (QED) is 0.437. The molecule has 2 aliphatic carbocycles. The minimum absolute atomic E-state index is 0.990. The van der Waals surface area contributed by atoms with Crippen LogP contribution in [0.1, 0.15) is 66.2 Å². The van der Waals surface area contributed by atoms with Crippen molar-refractivity contribution in [3.8, 4) is 0 Å². The molecular weight excluding hydrogens is 378 g/mol. The first-order valence-electron chi connectivity index (χ1n) is 8.10. The first-order valence-corrected chi connectivity index (χ1v) is 16.9. The molecule has 0 heterocycles. The second kappa shape index (κ2) is 7.33. The molecule has 0 N–H and O–H groups in total. The Balaban J connectivity index is 2.29. The van der Waals surface area contributed by atoms with Crippen molar-refractivity contribution < 1.29 is 17.9 Å². The first-order chi connectivity index (χ1) is 9.93. The van der Waals surface area contributed by atoms with E-state index in [2.05, 4.69) is 39.8 Å². The summed E-state index contributed by atoms with van der Waals surface area (Å²) in [6.07, 6.45) is 11.4. The predicted octanol–water partition coefficient (Wildman–Crippen LogP) is 7.26. The molecule has 0 unspecified atom stereocenters. The molecule has 0 aromatic heterocycles. The van der Waals surface area contributed by atoms with Crippen LogP contribution in [0, 0.1) is 0 Å². The molecule has 0 aromatic rings. The third kappa shape index (κ3) is 3.51. The fourth-order valence-electron chi connectivity index (χ4n) is 3.48. The van der Waals surface area contributed by atoms with Gasteiger partial charge in [-0.2, -0.15) is 0 Å². The van der Waals surface area contributed by atoms with Crippen molar-refractivity contribution in [3.63, 3.8) is 0 Å². The van der Waals surface area contributed by atoms with Gasteiger partial charge >= 0.3 is 142 Å². The summed E-state index contributed by atoms with van der Waals surface area (Å²) in [5.74, 6) is 0. The Morgan fingerprint density at radius 1 is 0.857 bits per heavy atom. The van der Waals surface area contributed by atoms with Crippen LogP contribution in [0.4, 0.5) is 0 Å². The van der Waals surface area contributed by atoms with Crippen molar-refractivity contribution in [2.45, 2.75) is 66.2 Å². The summed E-state index contributed by atoms with van der Waals surface area (Å²) in [6.45, 7) is 8.92. The molecule has 2 aliphatic rings. The van der Waals surface area contributed by atoms with Gasteiger partial charge in [0, 0.05) is 0 Å². The Hall–Kier alpha value is 0.423. The van der Waals surface area contributed by atoms with Crippen molar-refractivity contribution in [1.82, 2.24) is 0 Å².